The van der Waals surface area contributed by atoms with E-state index in [2.05, 4.69) is 10.3 Å². The fraction of sp³-hybridized carbons (Fsp3) is 0.417. The van der Waals surface area contributed by atoms with E-state index in [0.29, 0.717) is 17.8 Å². The molecule has 0 amide bonds. The Morgan fingerprint density at radius 1 is 1.55 bits per heavy atom. The second-order valence-electron chi connectivity index (χ2n) is 4.51. The van der Waals surface area contributed by atoms with Gasteiger partial charge in [-0.05, 0) is 19.4 Å². The van der Waals surface area contributed by atoms with Crippen molar-refractivity contribution in [2.24, 2.45) is 0 Å². The van der Waals surface area contributed by atoms with Gasteiger partial charge < -0.3 is 9.73 Å². The number of nitro groups is 1. The maximum atomic E-state index is 11.0. The van der Waals surface area contributed by atoms with Crippen LogP contribution in [-0.2, 0) is 10.8 Å². The number of nitrogens with zero attached hydrogens (tertiary/aromatic N) is 2. The van der Waals surface area contributed by atoms with Crippen LogP contribution < -0.4 is 5.32 Å². The molecule has 0 spiro atoms. The summed E-state index contributed by atoms with van der Waals surface area (Å²) in [7, 11) is -0.849. The summed E-state index contributed by atoms with van der Waals surface area (Å²) in [5.74, 6) is 0.578. The van der Waals surface area contributed by atoms with E-state index in [1.807, 2.05) is 6.92 Å². The molecule has 0 saturated carbocycles. The van der Waals surface area contributed by atoms with Gasteiger partial charge in [-0.1, -0.05) is 6.07 Å². The van der Waals surface area contributed by atoms with Crippen molar-refractivity contribution in [1.82, 2.24) is 4.98 Å². The van der Waals surface area contributed by atoms with Gasteiger partial charge in [0.15, 0.2) is 11.1 Å². The van der Waals surface area contributed by atoms with Crippen LogP contribution in [-0.4, -0.2) is 32.2 Å². The average molecular weight is 297 g/mol. The van der Waals surface area contributed by atoms with E-state index in [-0.39, 0.29) is 23.3 Å². The Morgan fingerprint density at radius 3 is 2.95 bits per heavy atom. The molecule has 7 nitrogen and oxygen atoms in total. The van der Waals surface area contributed by atoms with Crippen molar-refractivity contribution < 1.29 is 13.5 Å². The van der Waals surface area contributed by atoms with E-state index < -0.39 is 15.7 Å². The maximum absolute atomic E-state index is 11.0. The van der Waals surface area contributed by atoms with Crippen LogP contribution in [0, 0.1) is 10.1 Å². The molecule has 1 heterocycles. The van der Waals surface area contributed by atoms with E-state index in [1.165, 1.54) is 6.07 Å². The standard InChI is InChI=1S/C12H15N3O4S/c1-8(6-7-20(2)18)13-12-14-11-9(15(16)17)4-3-5-10(11)19-12/h3-5,8H,6-7H2,1-2H3,(H,13,14). The quantitative estimate of drug-likeness (QED) is 0.649. The second kappa shape index (κ2) is 6.00. The summed E-state index contributed by atoms with van der Waals surface area (Å²) >= 11 is 0. The number of rotatable bonds is 6. The molecule has 0 radical (unpaired) electrons. The number of aromatic nitrogens is 1. The molecule has 20 heavy (non-hydrogen) atoms. The lowest BCUT2D eigenvalue weighted by molar-refractivity contribution is -0.383. The zero-order valence-electron chi connectivity index (χ0n) is 11.2. The van der Waals surface area contributed by atoms with Gasteiger partial charge in [0.25, 0.3) is 11.7 Å². The molecule has 108 valence electrons. The number of hydrogen-bond acceptors (Lipinski definition) is 6. The number of nitrogens with one attached hydrogen (secondary N) is 1. The minimum atomic E-state index is -0.849. The van der Waals surface area contributed by atoms with Gasteiger partial charge >= 0.3 is 0 Å². The molecular weight excluding hydrogens is 282 g/mol. The van der Waals surface area contributed by atoms with Crippen molar-refractivity contribution in [3.8, 4) is 0 Å². The molecule has 0 aliphatic carbocycles. The summed E-state index contributed by atoms with van der Waals surface area (Å²) in [6.45, 7) is 1.91. The van der Waals surface area contributed by atoms with Crippen LogP contribution in [0.1, 0.15) is 13.3 Å². The largest absolute Gasteiger partial charge is 0.423 e. The van der Waals surface area contributed by atoms with Crippen LogP contribution in [0.3, 0.4) is 0 Å². The average Bonchev–Trinajstić information content (AvgIpc) is 2.77. The Balaban J connectivity index is 2.18. The van der Waals surface area contributed by atoms with Gasteiger partial charge in [-0.2, -0.15) is 4.98 Å². The van der Waals surface area contributed by atoms with E-state index in [0.717, 1.165) is 0 Å². The third kappa shape index (κ3) is 3.32. The molecule has 1 N–H and O–H groups in total. The molecule has 0 aliphatic heterocycles. The van der Waals surface area contributed by atoms with Gasteiger partial charge in [0, 0.05) is 34.9 Å². The lowest BCUT2D eigenvalue weighted by atomic mass is 10.3. The van der Waals surface area contributed by atoms with Gasteiger partial charge in [0.2, 0.25) is 0 Å². The molecule has 2 aromatic rings. The highest BCUT2D eigenvalue weighted by atomic mass is 32.2. The zero-order chi connectivity index (χ0) is 14.7. The molecule has 2 unspecified atom stereocenters. The minimum absolute atomic E-state index is 0.0195. The van der Waals surface area contributed by atoms with Crippen molar-refractivity contribution in [3.63, 3.8) is 0 Å². The third-order valence-electron chi connectivity index (χ3n) is 2.80. The molecule has 1 aromatic carbocycles. The molecule has 8 heteroatoms. The molecule has 0 aliphatic rings. The number of non-ortho nitro benzene ring substituents is 1. The van der Waals surface area contributed by atoms with E-state index in [4.69, 9.17) is 4.42 Å². The number of anilines is 1. The van der Waals surface area contributed by atoms with Gasteiger partial charge in [-0.15, -0.1) is 0 Å². The van der Waals surface area contributed by atoms with Crippen molar-refractivity contribution >= 4 is 33.6 Å². The fourth-order valence-electron chi connectivity index (χ4n) is 1.77. The lowest BCUT2D eigenvalue weighted by Gasteiger charge is -2.10. The monoisotopic (exact) mass is 297 g/mol. The summed E-state index contributed by atoms with van der Waals surface area (Å²) in [6.07, 6.45) is 2.35. The van der Waals surface area contributed by atoms with Crippen LogP contribution in [0.5, 0.6) is 0 Å². The molecule has 1 aromatic heterocycles. The SMILES string of the molecule is CC(CCS(C)=O)Nc1nc2c([N+](=O)[O-])cccc2o1. The first-order valence-corrected chi connectivity index (χ1v) is 7.80. The molecule has 0 bridgehead atoms. The Morgan fingerprint density at radius 2 is 2.30 bits per heavy atom. The molecule has 2 atom stereocenters. The summed E-state index contributed by atoms with van der Waals surface area (Å²) < 4.78 is 16.5. The highest BCUT2D eigenvalue weighted by Gasteiger charge is 2.18. The highest BCUT2D eigenvalue weighted by molar-refractivity contribution is 7.84. The lowest BCUT2D eigenvalue weighted by Crippen LogP contribution is -2.17. The molecular formula is C12H15N3O4S. The van der Waals surface area contributed by atoms with Crippen LogP contribution >= 0.6 is 0 Å². The first-order valence-electron chi connectivity index (χ1n) is 6.08. The van der Waals surface area contributed by atoms with Crippen molar-refractivity contribution in [2.45, 2.75) is 19.4 Å². The zero-order valence-corrected chi connectivity index (χ0v) is 12.0. The summed E-state index contributed by atoms with van der Waals surface area (Å²) in [5.41, 5.74) is 0.515. The van der Waals surface area contributed by atoms with Crippen molar-refractivity contribution in [2.75, 3.05) is 17.3 Å². The van der Waals surface area contributed by atoms with E-state index in [9.17, 15) is 14.3 Å². The van der Waals surface area contributed by atoms with Crippen LogP contribution in [0.15, 0.2) is 22.6 Å². The molecule has 2 rings (SSSR count). The van der Waals surface area contributed by atoms with E-state index in [1.54, 1.807) is 18.4 Å². The van der Waals surface area contributed by atoms with Crippen LogP contribution in [0.2, 0.25) is 0 Å². The smallest absolute Gasteiger partial charge is 0.298 e. The van der Waals surface area contributed by atoms with Crippen LogP contribution in [0.4, 0.5) is 11.7 Å². The number of nitro benzene ring substituents is 1. The fourth-order valence-corrected chi connectivity index (χ4v) is 2.45. The number of oxazole rings is 1. The summed E-state index contributed by atoms with van der Waals surface area (Å²) in [4.78, 5) is 14.5. The summed E-state index contributed by atoms with van der Waals surface area (Å²) in [6, 6.07) is 4.83. The van der Waals surface area contributed by atoms with Crippen molar-refractivity contribution in [3.05, 3.63) is 28.3 Å². The number of fused-ring (bicyclic) bond motifs is 1. The minimum Gasteiger partial charge on any atom is -0.423 e. The number of benzene rings is 1. The normalized spacial score (nSPS) is 14.1. The second-order valence-corrected chi connectivity index (χ2v) is 6.07. The topological polar surface area (TPSA) is 98.3 Å². The van der Waals surface area contributed by atoms with Gasteiger partial charge in [0.05, 0.1) is 4.92 Å². The molecule has 0 fully saturated rings. The summed E-state index contributed by atoms with van der Waals surface area (Å²) in [5, 5.41) is 13.9. The predicted molar refractivity (Wildman–Crippen MR) is 77.3 cm³/mol. The first-order chi connectivity index (χ1) is 9.47. The highest BCUT2D eigenvalue weighted by Crippen LogP contribution is 2.27. The molecule has 0 saturated heterocycles. The van der Waals surface area contributed by atoms with Gasteiger partial charge in [0.1, 0.15) is 0 Å². The van der Waals surface area contributed by atoms with E-state index >= 15 is 0 Å². The Labute approximate surface area is 118 Å². The van der Waals surface area contributed by atoms with Gasteiger partial charge in [-0.25, -0.2) is 0 Å². The van der Waals surface area contributed by atoms with Crippen LogP contribution in [0.25, 0.3) is 11.1 Å². The first kappa shape index (κ1) is 14.4. The number of hydrogen-bond donors (Lipinski definition) is 1. The Bertz CT molecular complexity index is 655. The van der Waals surface area contributed by atoms with Crippen molar-refractivity contribution in [1.29, 1.82) is 0 Å². The maximum Gasteiger partial charge on any atom is 0.298 e. The Hall–Kier alpha value is -1.96. The number of para-hydroxylation sites is 1. The van der Waals surface area contributed by atoms with Gasteiger partial charge in [-0.3, -0.25) is 14.3 Å². The third-order valence-corrected chi connectivity index (χ3v) is 3.61. The predicted octanol–water partition coefficient (Wildman–Crippen LogP) is 2.31. The Kier molecular flexibility index (Phi) is 4.33.